The lowest BCUT2D eigenvalue weighted by Crippen LogP contribution is -2.34. The zero-order chi connectivity index (χ0) is 18.5. The first-order valence-corrected chi connectivity index (χ1v) is 10.4. The van der Waals surface area contributed by atoms with Crippen LogP contribution in [0.25, 0.3) is 0 Å². The summed E-state index contributed by atoms with van der Waals surface area (Å²) in [4.78, 5) is 19.1. The number of benzene rings is 1. The summed E-state index contributed by atoms with van der Waals surface area (Å²) in [6, 6.07) is 11.4. The van der Waals surface area contributed by atoms with Crippen molar-refractivity contribution in [2.75, 3.05) is 42.6 Å². The summed E-state index contributed by atoms with van der Waals surface area (Å²) >= 11 is 1.97. The molecular weight excluding hydrogens is 362 g/mol. The highest BCUT2D eigenvalue weighted by Crippen LogP contribution is 2.31. The molecule has 142 valence electrons. The first-order valence-electron chi connectivity index (χ1n) is 9.25. The van der Waals surface area contributed by atoms with Gasteiger partial charge in [-0.25, -0.2) is 4.98 Å². The Kier molecular flexibility index (Phi) is 5.67. The molecule has 0 bridgehead atoms. The summed E-state index contributed by atoms with van der Waals surface area (Å²) in [5.41, 5.74) is 0.580. The van der Waals surface area contributed by atoms with Crippen molar-refractivity contribution in [3.8, 4) is 11.5 Å². The van der Waals surface area contributed by atoms with Crippen LogP contribution in [0.2, 0.25) is 0 Å². The van der Waals surface area contributed by atoms with Crippen molar-refractivity contribution in [3.05, 3.63) is 48.2 Å². The standard InChI is InChI=1S/C20H23N3O3S/c24-20(15-5-6-19(22-13-15)23-9-11-27-12-10-23)21-8-7-16-14-25-17-3-1-2-4-18(17)26-16/h1-6,13,16H,7-12,14H2,(H,21,24). The number of hydrogen-bond donors (Lipinski definition) is 1. The summed E-state index contributed by atoms with van der Waals surface area (Å²) in [6.45, 7) is 3.04. The number of aromatic nitrogens is 1. The Morgan fingerprint density at radius 1 is 1.19 bits per heavy atom. The van der Waals surface area contributed by atoms with Gasteiger partial charge < -0.3 is 19.7 Å². The maximum Gasteiger partial charge on any atom is 0.252 e. The van der Waals surface area contributed by atoms with E-state index in [1.54, 1.807) is 6.20 Å². The predicted molar refractivity (Wildman–Crippen MR) is 107 cm³/mol. The highest BCUT2D eigenvalue weighted by molar-refractivity contribution is 7.99. The summed E-state index contributed by atoms with van der Waals surface area (Å²) < 4.78 is 11.6. The van der Waals surface area contributed by atoms with E-state index in [1.807, 2.05) is 48.2 Å². The average molecular weight is 385 g/mol. The maximum absolute atomic E-state index is 12.3. The summed E-state index contributed by atoms with van der Waals surface area (Å²) in [7, 11) is 0. The zero-order valence-corrected chi connectivity index (χ0v) is 15.9. The van der Waals surface area contributed by atoms with Crippen LogP contribution >= 0.6 is 11.8 Å². The molecule has 1 atom stereocenters. The van der Waals surface area contributed by atoms with Gasteiger partial charge in [-0.2, -0.15) is 11.8 Å². The number of carbonyl (C=O) groups is 1. The lowest BCUT2D eigenvalue weighted by atomic mass is 10.2. The van der Waals surface area contributed by atoms with E-state index in [4.69, 9.17) is 9.47 Å². The number of pyridine rings is 1. The molecule has 1 unspecified atom stereocenters. The van der Waals surface area contributed by atoms with Crippen LogP contribution in [0, 0.1) is 0 Å². The first kappa shape index (κ1) is 18.0. The minimum Gasteiger partial charge on any atom is -0.486 e. The Morgan fingerprint density at radius 3 is 2.78 bits per heavy atom. The fourth-order valence-corrected chi connectivity index (χ4v) is 4.06. The molecule has 6 nitrogen and oxygen atoms in total. The van der Waals surface area contributed by atoms with Gasteiger partial charge in [0, 0.05) is 43.8 Å². The van der Waals surface area contributed by atoms with Gasteiger partial charge in [-0.1, -0.05) is 12.1 Å². The van der Waals surface area contributed by atoms with Crippen LogP contribution in [-0.4, -0.2) is 54.7 Å². The third-order valence-corrected chi connectivity index (χ3v) is 5.61. The largest absolute Gasteiger partial charge is 0.486 e. The molecule has 0 spiro atoms. The van der Waals surface area contributed by atoms with E-state index in [9.17, 15) is 4.79 Å². The minimum absolute atomic E-state index is 0.0577. The number of hydrogen-bond acceptors (Lipinski definition) is 6. The van der Waals surface area contributed by atoms with Crippen LogP contribution in [0.3, 0.4) is 0 Å². The molecule has 0 radical (unpaired) electrons. The number of anilines is 1. The van der Waals surface area contributed by atoms with Gasteiger partial charge in [-0.15, -0.1) is 0 Å². The van der Waals surface area contributed by atoms with Crippen LogP contribution in [0.5, 0.6) is 11.5 Å². The topological polar surface area (TPSA) is 63.7 Å². The van der Waals surface area contributed by atoms with Gasteiger partial charge in [-0.3, -0.25) is 4.79 Å². The molecule has 2 aliphatic rings. The molecule has 1 aromatic carbocycles. The van der Waals surface area contributed by atoms with Gasteiger partial charge in [0.2, 0.25) is 0 Å². The van der Waals surface area contributed by atoms with Crippen molar-refractivity contribution in [2.45, 2.75) is 12.5 Å². The fourth-order valence-electron chi connectivity index (χ4n) is 3.15. The molecule has 1 aromatic heterocycles. The SMILES string of the molecule is O=C(NCCC1COc2ccccc2O1)c1ccc(N2CCSCC2)nc1. The second kappa shape index (κ2) is 8.52. The lowest BCUT2D eigenvalue weighted by molar-refractivity contribution is 0.0812. The molecule has 1 fully saturated rings. The Balaban J connectivity index is 1.25. The monoisotopic (exact) mass is 385 g/mol. The Hall–Kier alpha value is -2.41. The number of carbonyl (C=O) groups excluding carboxylic acids is 1. The van der Waals surface area contributed by atoms with Crippen molar-refractivity contribution < 1.29 is 14.3 Å². The van der Waals surface area contributed by atoms with E-state index < -0.39 is 0 Å². The Bertz CT molecular complexity index is 778. The molecule has 7 heteroatoms. The second-order valence-electron chi connectivity index (χ2n) is 6.55. The highest BCUT2D eigenvalue weighted by atomic mass is 32.2. The van der Waals surface area contributed by atoms with Gasteiger partial charge in [0.05, 0.1) is 5.56 Å². The third-order valence-electron chi connectivity index (χ3n) is 4.66. The number of nitrogens with zero attached hydrogens (tertiary/aromatic N) is 2. The molecule has 1 saturated heterocycles. The van der Waals surface area contributed by atoms with Gasteiger partial charge in [0.25, 0.3) is 5.91 Å². The van der Waals surface area contributed by atoms with E-state index in [0.717, 1.165) is 41.9 Å². The number of rotatable bonds is 5. The van der Waals surface area contributed by atoms with Crippen LogP contribution in [-0.2, 0) is 0 Å². The van der Waals surface area contributed by atoms with Crippen LogP contribution in [0.1, 0.15) is 16.8 Å². The van der Waals surface area contributed by atoms with Crippen LogP contribution in [0.15, 0.2) is 42.6 Å². The second-order valence-corrected chi connectivity index (χ2v) is 7.77. The molecule has 0 saturated carbocycles. The molecule has 4 rings (SSSR count). The number of ether oxygens (including phenoxy) is 2. The molecular formula is C20H23N3O3S. The van der Waals surface area contributed by atoms with E-state index in [2.05, 4.69) is 15.2 Å². The predicted octanol–water partition coefficient (Wildman–Crippen LogP) is 2.59. The van der Waals surface area contributed by atoms with Crippen LogP contribution < -0.4 is 19.7 Å². The summed E-state index contributed by atoms with van der Waals surface area (Å²) in [6.07, 6.45) is 2.29. The summed E-state index contributed by atoms with van der Waals surface area (Å²) in [5.74, 6) is 4.62. The lowest BCUT2D eigenvalue weighted by Gasteiger charge is -2.27. The number of nitrogens with one attached hydrogen (secondary N) is 1. The maximum atomic E-state index is 12.3. The van der Waals surface area contributed by atoms with E-state index in [0.29, 0.717) is 25.1 Å². The van der Waals surface area contributed by atoms with Crippen molar-refractivity contribution in [1.82, 2.24) is 10.3 Å². The minimum atomic E-state index is -0.111. The van der Waals surface area contributed by atoms with Crippen LogP contribution in [0.4, 0.5) is 5.82 Å². The van der Waals surface area contributed by atoms with Gasteiger partial charge in [0.1, 0.15) is 18.5 Å². The quantitative estimate of drug-likeness (QED) is 0.854. The van der Waals surface area contributed by atoms with E-state index in [1.165, 1.54) is 0 Å². The van der Waals surface area contributed by atoms with E-state index >= 15 is 0 Å². The van der Waals surface area contributed by atoms with Crippen molar-refractivity contribution >= 4 is 23.5 Å². The first-order chi connectivity index (χ1) is 13.3. The molecule has 2 aliphatic heterocycles. The number of thioether (sulfide) groups is 1. The Labute approximate surface area is 163 Å². The molecule has 1 N–H and O–H groups in total. The molecule has 27 heavy (non-hydrogen) atoms. The smallest absolute Gasteiger partial charge is 0.252 e. The zero-order valence-electron chi connectivity index (χ0n) is 15.1. The van der Waals surface area contributed by atoms with Gasteiger partial charge in [0.15, 0.2) is 11.5 Å². The highest BCUT2D eigenvalue weighted by Gasteiger charge is 2.20. The molecule has 3 heterocycles. The van der Waals surface area contributed by atoms with Crippen molar-refractivity contribution in [1.29, 1.82) is 0 Å². The number of fused-ring (bicyclic) bond motifs is 1. The molecule has 2 aromatic rings. The van der Waals surface area contributed by atoms with Gasteiger partial charge >= 0.3 is 0 Å². The number of amides is 1. The van der Waals surface area contributed by atoms with Gasteiger partial charge in [-0.05, 0) is 24.3 Å². The normalized spacial score (nSPS) is 18.8. The summed E-state index contributed by atoms with van der Waals surface area (Å²) in [5, 5.41) is 2.94. The average Bonchev–Trinajstić information content (AvgIpc) is 2.74. The number of para-hydroxylation sites is 2. The van der Waals surface area contributed by atoms with E-state index in [-0.39, 0.29) is 12.0 Å². The third kappa shape index (κ3) is 4.47. The van der Waals surface area contributed by atoms with Crippen molar-refractivity contribution in [3.63, 3.8) is 0 Å². The fraction of sp³-hybridized carbons (Fsp3) is 0.400. The molecule has 0 aliphatic carbocycles. The van der Waals surface area contributed by atoms with Crippen molar-refractivity contribution in [2.24, 2.45) is 0 Å². The molecule has 1 amide bonds. The Morgan fingerprint density at radius 2 is 2.00 bits per heavy atom.